The third kappa shape index (κ3) is 1.70. The number of oxazole rings is 1. The van der Waals surface area contributed by atoms with Crippen molar-refractivity contribution in [2.45, 2.75) is 6.92 Å². The van der Waals surface area contributed by atoms with Crippen LogP contribution in [0.25, 0.3) is 0 Å². The molecule has 0 aliphatic carbocycles. The molecular formula is C6H8N2O3. The van der Waals surface area contributed by atoms with Crippen molar-refractivity contribution in [1.29, 1.82) is 0 Å². The first-order valence-electron chi connectivity index (χ1n) is 3.20. The highest BCUT2D eigenvalue weighted by Crippen LogP contribution is 1.90. The van der Waals surface area contributed by atoms with Gasteiger partial charge < -0.3 is 9.73 Å². The van der Waals surface area contributed by atoms with Crippen molar-refractivity contribution in [3.8, 4) is 0 Å². The van der Waals surface area contributed by atoms with E-state index in [4.69, 9.17) is 0 Å². The maximum absolute atomic E-state index is 10.9. The number of nitrogens with one attached hydrogen (secondary N) is 2. The van der Waals surface area contributed by atoms with Gasteiger partial charge in [-0.15, -0.1) is 0 Å². The van der Waals surface area contributed by atoms with Gasteiger partial charge in [-0.1, -0.05) is 0 Å². The minimum atomic E-state index is -0.619. The average Bonchev–Trinajstić information content (AvgIpc) is 2.36. The van der Waals surface area contributed by atoms with Crippen LogP contribution in [-0.2, 0) is 0 Å². The van der Waals surface area contributed by atoms with Crippen molar-refractivity contribution in [2.24, 2.45) is 0 Å². The first kappa shape index (κ1) is 7.59. The standard InChI is InChI=1S/C6H8N2O3/c1-2-7-5(9)4-3-8-6(10)11-4/h3H,2H2,1H3,(H,7,9)(H,8,10). The highest BCUT2D eigenvalue weighted by molar-refractivity contribution is 5.90. The molecule has 0 saturated heterocycles. The van der Waals surface area contributed by atoms with Crippen LogP contribution in [0.2, 0.25) is 0 Å². The average molecular weight is 156 g/mol. The molecule has 0 spiro atoms. The van der Waals surface area contributed by atoms with Gasteiger partial charge in [0.25, 0.3) is 5.91 Å². The number of rotatable bonds is 2. The fourth-order valence-corrected chi connectivity index (χ4v) is 0.643. The van der Waals surface area contributed by atoms with E-state index in [9.17, 15) is 9.59 Å². The Morgan fingerprint density at radius 2 is 2.55 bits per heavy atom. The van der Waals surface area contributed by atoms with Crippen LogP contribution in [0.1, 0.15) is 17.5 Å². The molecule has 60 valence electrons. The second-order valence-electron chi connectivity index (χ2n) is 1.90. The first-order valence-corrected chi connectivity index (χ1v) is 3.20. The molecule has 5 nitrogen and oxygen atoms in total. The first-order chi connectivity index (χ1) is 5.24. The molecule has 1 heterocycles. The maximum atomic E-state index is 10.9. The van der Waals surface area contributed by atoms with Crippen molar-refractivity contribution >= 4 is 5.91 Å². The van der Waals surface area contributed by atoms with Crippen LogP contribution in [0.5, 0.6) is 0 Å². The zero-order valence-electron chi connectivity index (χ0n) is 6.01. The number of carbonyl (C=O) groups excluding carboxylic acids is 1. The molecule has 1 amide bonds. The molecule has 0 fully saturated rings. The Labute approximate surface area is 62.4 Å². The largest absolute Gasteiger partial charge is 0.416 e. The van der Waals surface area contributed by atoms with Crippen molar-refractivity contribution in [1.82, 2.24) is 10.3 Å². The van der Waals surface area contributed by atoms with Crippen molar-refractivity contribution in [3.05, 3.63) is 22.5 Å². The van der Waals surface area contributed by atoms with E-state index in [-0.39, 0.29) is 11.7 Å². The predicted octanol–water partition coefficient (Wildman–Crippen LogP) is -0.282. The summed E-state index contributed by atoms with van der Waals surface area (Å²) in [6.07, 6.45) is 1.23. The molecule has 0 bridgehead atoms. The summed E-state index contributed by atoms with van der Waals surface area (Å²) < 4.78 is 4.47. The topological polar surface area (TPSA) is 75.1 Å². The normalized spacial score (nSPS) is 9.55. The summed E-state index contributed by atoms with van der Waals surface area (Å²) in [5.74, 6) is -0.992. The molecule has 0 saturated carbocycles. The van der Waals surface area contributed by atoms with Crippen molar-refractivity contribution in [2.75, 3.05) is 6.54 Å². The molecule has 0 radical (unpaired) electrons. The Bertz CT molecular complexity index is 299. The SMILES string of the molecule is CCNC(=O)c1c[nH]c(=O)o1. The van der Waals surface area contributed by atoms with Crippen LogP contribution in [0.15, 0.2) is 15.4 Å². The smallest absolute Gasteiger partial charge is 0.403 e. The molecule has 1 aromatic heterocycles. The van der Waals surface area contributed by atoms with Crippen LogP contribution in [0.4, 0.5) is 0 Å². The van der Waals surface area contributed by atoms with Gasteiger partial charge in [0.1, 0.15) is 0 Å². The molecule has 0 unspecified atom stereocenters. The summed E-state index contributed by atoms with van der Waals surface area (Å²) in [6, 6.07) is 0. The number of hydrogen-bond donors (Lipinski definition) is 2. The predicted molar refractivity (Wildman–Crippen MR) is 37.3 cm³/mol. The van der Waals surface area contributed by atoms with Gasteiger partial charge in [0.15, 0.2) is 0 Å². The van der Waals surface area contributed by atoms with Crippen LogP contribution in [-0.4, -0.2) is 17.4 Å². The number of aromatic amines is 1. The van der Waals surface area contributed by atoms with Gasteiger partial charge in [-0.25, -0.2) is 4.79 Å². The molecule has 0 aromatic carbocycles. The summed E-state index contributed by atoms with van der Waals surface area (Å²) in [5.41, 5.74) is 0. The summed E-state index contributed by atoms with van der Waals surface area (Å²) in [7, 11) is 0. The maximum Gasteiger partial charge on any atom is 0.416 e. The highest BCUT2D eigenvalue weighted by atomic mass is 16.4. The molecule has 0 aliphatic rings. The van der Waals surface area contributed by atoms with Gasteiger partial charge in [-0.05, 0) is 6.92 Å². The number of hydrogen-bond acceptors (Lipinski definition) is 3. The van der Waals surface area contributed by atoms with E-state index in [0.29, 0.717) is 6.54 Å². The Hall–Kier alpha value is -1.52. The lowest BCUT2D eigenvalue weighted by atomic mass is 10.5. The van der Waals surface area contributed by atoms with E-state index in [1.54, 1.807) is 6.92 Å². The number of H-pyrrole nitrogens is 1. The monoisotopic (exact) mass is 156 g/mol. The fraction of sp³-hybridized carbons (Fsp3) is 0.333. The minimum Gasteiger partial charge on any atom is -0.403 e. The Kier molecular flexibility index (Phi) is 2.10. The van der Waals surface area contributed by atoms with Gasteiger partial charge in [0.05, 0.1) is 6.20 Å². The Balaban J connectivity index is 2.76. The van der Waals surface area contributed by atoms with Crippen molar-refractivity contribution in [3.63, 3.8) is 0 Å². The number of carbonyl (C=O) groups is 1. The quantitative estimate of drug-likeness (QED) is 0.618. The molecule has 11 heavy (non-hydrogen) atoms. The molecule has 1 rings (SSSR count). The van der Waals surface area contributed by atoms with Crippen LogP contribution in [0.3, 0.4) is 0 Å². The molecular weight excluding hydrogens is 148 g/mol. The van der Waals surface area contributed by atoms with Crippen LogP contribution < -0.4 is 11.1 Å². The Morgan fingerprint density at radius 3 is 3.00 bits per heavy atom. The Morgan fingerprint density at radius 1 is 1.82 bits per heavy atom. The van der Waals surface area contributed by atoms with Gasteiger partial charge >= 0.3 is 5.76 Å². The minimum absolute atomic E-state index is 0.0110. The third-order valence-corrected chi connectivity index (χ3v) is 1.08. The van der Waals surface area contributed by atoms with Crippen LogP contribution in [0, 0.1) is 0 Å². The van der Waals surface area contributed by atoms with Crippen molar-refractivity contribution < 1.29 is 9.21 Å². The molecule has 1 aromatic rings. The fourth-order valence-electron chi connectivity index (χ4n) is 0.643. The summed E-state index contributed by atoms with van der Waals surface area (Å²) in [5, 5.41) is 2.48. The molecule has 0 atom stereocenters. The van der Waals surface area contributed by atoms with E-state index in [0.717, 1.165) is 0 Å². The van der Waals surface area contributed by atoms with Gasteiger partial charge in [0, 0.05) is 6.54 Å². The lowest BCUT2D eigenvalue weighted by molar-refractivity contribution is 0.0926. The zero-order chi connectivity index (χ0) is 8.27. The van der Waals surface area contributed by atoms with E-state index in [2.05, 4.69) is 14.7 Å². The van der Waals surface area contributed by atoms with Gasteiger partial charge in [-0.2, -0.15) is 0 Å². The second-order valence-corrected chi connectivity index (χ2v) is 1.90. The summed E-state index contributed by atoms with van der Waals surface area (Å²) >= 11 is 0. The van der Waals surface area contributed by atoms with E-state index in [1.807, 2.05) is 0 Å². The van der Waals surface area contributed by atoms with Crippen LogP contribution >= 0.6 is 0 Å². The summed E-state index contributed by atoms with van der Waals surface area (Å²) in [4.78, 5) is 23.5. The summed E-state index contributed by atoms with van der Waals surface area (Å²) in [6.45, 7) is 2.29. The molecule has 0 aliphatic heterocycles. The highest BCUT2D eigenvalue weighted by Gasteiger charge is 2.07. The zero-order valence-corrected chi connectivity index (χ0v) is 6.01. The molecule has 5 heteroatoms. The second kappa shape index (κ2) is 3.05. The van der Waals surface area contributed by atoms with E-state index >= 15 is 0 Å². The van der Waals surface area contributed by atoms with Gasteiger partial charge in [-0.3, -0.25) is 9.78 Å². The molecule has 2 N–H and O–H groups in total. The number of amides is 1. The lowest BCUT2D eigenvalue weighted by Gasteiger charge is -1.94. The van der Waals surface area contributed by atoms with E-state index in [1.165, 1.54) is 6.20 Å². The number of aromatic nitrogens is 1. The third-order valence-electron chi connectivity index (χ3n) is 1.08. The lowest BCUT2D eigenvalue weighted by Crippen LogP contribution is -2.22. The van der Waals surface area contributed by atoms with Gasteiger partial charge in [0.2, 0.25) is 5.76 Å². The van der Waals surface area contributed by atoms with E-state index < -0.39 is 5.76 Å².